The summed E-state index contributed by atoms with van der Waals surface area (Å²) in [6.45, 7) is 2.56. The van der Waals surface area contributed by atoms with Gasteiger partial charge in [0.1, 0.15) is 11.9 Å². The first kappa shape index (κ1) is 13.7. The zero-order valence-electron chi connectivity index (χ0n) is 9.57. The van der Waals surface area contributed by atoms with Crippen molar-refractivity contribution in [1.29, 1.82) is 0 Å². The van der Waals surface area contributed by atoms with Crippen LogP contribution in [0, 0.1) is 5.82 Å². The van der Waals surface area contributed by atoms with Crippen LogP contribution in [0.4, 0.5) is 4.39 Å². The predicted octanol–water partition coefficient (Wildman–Crippen LogP) is 3.65. The molecular weight excluding hydrogens is 367 g/mol. The fourth-order valence-corrected chi connectivity index (χ4v) is 2.77. The molecule has 6 heteroatoms. The SMILES string of the molecule is CCn1ncc(Br)c1C(O)c1cccc(F)c1Br. The summed E-state index contributed by atoms with van der Waals surface area (Å²) in [5.41, 5.74) is 1.09. The molecule has 2 aromatic rings. The van der Waals surface area contributed by atoms with Gasteiger partial charge >= 0.3 is 0 Å². The predicted molar refractivity (Wildman–Crippen MR) is 73.8 cm³/mol. The van der Waals surface area contributed by atoms with Crippen LogP contribution in [-0.2, 0) is 6.54 Å². The minimum Gasteiger partial charge on any atom is -0.382 e. The molecule has 0 spiro atoms. The van der Waals surface area contributed by atoms with Crippen molar-refractivity contribution in [3.63, 3.8) is 0 Å². The number of aromatic nitrogens is 2. The summed E-state index contributed by atoms with van der Waals surface area (Å²) in [6, 6.07) is 4.59. The van der Waals surface area contributed by atoms with E-state index in [0.29, 0.717) is 22.3 Å². The average Bonchev–Trinajstić information content (AvgIpc) is 2.73. The first-order valence-electron chi connectivity index (χ1n) is 5.39. The van der Waals surface area contributed by atoms with E-state index in [2.05, 4.69) is 37.0 Å². The number of aryl methyl sites for hydroxylation is 1. The summed E-state index contributed by atoms with van der Waals surface area (Å²) < 4.78 is 16.1. The van der Waals surface area contributed by atoms with Gasteiger partial charge < -0.3 is 5.11 Å². The first-order chi connectivity index (χ1) is 8.56. The minimum absolute atomic E-state index is 0.272. The molecule has 0 aliphatic heterocycles. The highest BCUT2D eigenvalue weighted by Crippen LogP contribution is 2.33. The first-order valence-corrected chi connectivity index (χ1v) is 6.98. The molecule has 96 valence electrons. The molecule has 0 amide bonds. The molecule has 18 heavy (non-hydrogen) atoms. The summed E-state index contributed by atoms with van der Waals surface area (Å²) in [7, 11) is 0. The van der Waals surface area contributed by atoms with Crippen LogP contribution >= 0.6 is 31.9 Å². The van der Waals surface area contributed by atoms with Crippen molar-refractivity contribution in [3.05, 3.63) is 50.4 Å². The van der Waals surface area contributed by atoms with E-state index in [-0.39, 0.29) is 4.47 Å². The van der Waals surface area contributed by atoms with E-state index in [1.807, 2.05) is 6.92 Å². The van der Waals surface area contributed by atoms with E-state index in [9.17, 15) is 9.50 Å². The molecule has 1 unspecified atom stereocenters. The third-order valence-corrected chi connectivity index (χ3v) is 4.12. The topological polar surface area (TPSA) is 38.0 Å². The van der Waals surface area contributed by atoms with Crippen molar-refractivity contribution >= 4 is 31.9 Å². The van der Waals surface area contributed by atoms with Crippen molar-refractivity contribution in [2.45, 2.75) is 19.6 Å². The van der Waals surface area contributed by atoms with Gasteiger partial charge in [0.25, 0.3) is 0 Å². The molecule has 3 nitrogen and oxygen atoms in total. The van der Waals surface area contributed by atoms with Crippen molar-refractivity contribution < 1.29 is 9.50 Å². The molecule has 0 aliphatic rings. The highest BCUT2D eigenvalue weighted by Gasteiger charge is 2.22. The molecule has 0 saturated heterocycles. The number of benzene rings is 1. The van der Waals surface area contributed by atoms with Gasteiger partial charge in [-0.1, -0.05) is 12.1 Å². The molecule has 0 fully saturated rings. The van der Waals surface area contributed by atoms with E-state index < -0.39 is 11.9 Å². The Balaban J connectivity index is 2.51. The number of rotatable bonds is 3. The van der Waals surface area contributed by atoms with E-state index >= 15 is 0 Å². The van der Waals surface area contributed by atoms with Crippen molar-refractivity contribution in [2.75, 3.05) is 0 Å². The number of halogens is 3. The maximum atomic E-state index is 13.5. The van der Waals surface area contributed by atoms with E-state index in [1.165, 1.54) is 6.07 Å². The van der Waals surface area contributed by atoms with Gasteiger partial charge in [-0.15, -0.1) is 0 Å². The molecule has 1 aromatic heterocycles. The normalized spacial score (nSPS) is 12.7. The summed E-state index contributed by atoms with van der Waals surface area (Å²) in [6.07, 6.45) is 0.682. The minimum atomic E-state index is -0.938. The summed E-state index contributed by atoms with van der Waals surface area (Å²) in [5, 5.41) is 14.5. The second-order valence-electron chi connectivity index (χ2n) is 3.74. The van der Waals surface area contributed by atoms with Gasteiger partial charge in [-0.25, -0.2) is 4.39 Å². The lowest BCUT2D eigenvalue weighted by atomic mass is 10.1. The Morgan fingerprint density at radius 1 is 1.44 bits per heavy atom. The third kappa shape index (κ3) is 2.37. The van der Waals surface area contributed by atoms with Crippen LogP contribution in [0.5, 0.6) is 0 Å². The summed E-state index contributed by atoms with van der Waals surface area (Å²) in [5.74, 6) is -0.398. The lowest BCUT2D eigenvalue weighted by Crippen LogP contribution is -2.10. The maximum Gasteiger partial charge on any atom is 0.137 e. The molecule has 0 radical (unpaired) electrons. The Hall–Kier alpha value is -0.720. The number of hydrogen-bond donors (Lipinski definition) is 1. The van der Waals surface area contributed by atoms with E-state index in [0.717, 1.165) is 0 Å². The van der Waals surface area contributed by atoms with Gasteiger partial charge in [0.15, 0.2) is 0 Å². The Morgan fingerprint density at radius 2 is 2.17 bits per heavy atom. The third-order valence-electron chi connectivity index (χ3n) is 2.67. The van der Waals surface area contributed by atoms with E-state index in [4.69, 9.17) is 0 Å². The monoisotopic (exact) mass is 376 g/mol. The van der Waals surface area contributed by atoms with Crippen LogP contribution in [-0.4, -0.2) is 14.9 Å². The number of aliphatic hydroxyl groups excluding tert-OH is 1. The Bertz CT molecular complexity index is 571. The Morgan fingerprint density at radius 3 is 2.83 bits per heavy atom. The second kappa shape index (κ2) is 5.50. The number of nitrogens with zero attached hydrogens (tertiary/aromatic N) is 2. The Labute approximate surface area is 121 Å². The van der Waals surface area contributed by atoms with Gasteiger partial charge in [0, 0.05) is 12.1 Å². The standard InChI is InChI=1S/C12H11Br2FN2O/c1-2-17-11(8(13)6-16-17)12(18)7-4-3-5-9(15)10(7)14/h3-6,12,18H,2H2,1H3. The molecule has 1 aromatic carbocycles. The van der Waals surface area contributed by atoms with Gasteiger partial charge in [0.05, 0.1) is 20.8 Å². The quantitative estimate of drug-likeness (QED) is 0.886. The lowest BCUT2D eigenvalue weighted by molar-refractivity contribution is 0.206. The second-order valence-corrected chi connectivity index (χ2v) is 5.39. The highest BCUT2D eigenvalue weighted by atomic mass is 79.9. The Kier molecular flexibility index (Phi) is 4.19. The summed E-state index contributed by atoms with van der Waals surface area (Å²) >= 11 is 6.50. The number of aliphatic hydroxyl groups is 1. The molecular formula is C12H11Br2FN2O. The fourth-order valence-electron chi connectivity index (χ4n) is 1.77. The zero-order chi connectivity index (χ0) is 13.3. The maximum absolute atomic E-state index is 13.5. The van der Waals surface area contributed by atoms with E-state index in [1.54, 1.807) is 23.0 Å². The van der Waals surface area contributed by atoms with Gasteiger partial charge in [-0.2, -0.15) is 5.10 Å². The van der Waals surface area contributed by atoms with Crippen molar-refractivity contribution in [2.24, 2.45) is 0 Å². The molecule has 1 N–H and O–H groups in total. The molecule has 0 bridgehead atoms. The van der Waals surface area contributed by atoms with Gasteiger partial charge in [-0.3, -0.25) is 4.68 Å². The zero-order valence-corrected chi connectivity index (χ0v) is 12.7. The highest BCUT2D eigenvalue weighted by molar-refractivity contribution is 9.10. The fraction of sp³-hybridized carbons (Fsp3) is 0.250. The van der Waals surface area contributed by atoms with Crippen molar-refractivity contribution in [1.82, 2.24) is 9.78 Å². The van der Waals surface area contributed by atoms with Crippen LogP contribution < -0.4 is 0 Å². The van der Waals surface area contributed by atoms with Crippen LogP contribution in [0.3, 0.4) is 0 Å². The van der Waals surface area contributed by atoms with Gasteiger partial charge in [-0.05, 0) is 44.8 Å². The van der Waals surface area contributed by atoms with Crippen LogP contribution in [0.15, 0.2) is 33.3 Å². The van der Waals surface area contributed by atoms with Crippen LogP contribution in [0.25, 0.3) is 0 Å². The van der Waals surface area contributed by atoms with Gasteiger partial charge in [0.2, 0.25) is 0 Å². The largest absolute Gasteiger partial charge is 0.382 e. The van der Waals surface area contributed by atoms with Crippen molar-refractivity contribution in [3.8, 4) is 0 Å². The summed E-state index contributed by atoms with van der Waals surface area (Å²) in [4.78, 5) is 0. The van der Waals surface area contributed by atoms with Crippen LogP contribution in [0.1, 0.15) is 24.3 Å². The molecule has 0 saturated carbocycles. The molecule has 0 aliphatic carbocycles. The lowest BCUT2D eigenvalue weighted by Gasteiger charge is -2.15. The molecule has 1 heterocycles. The molecule has 2 rings (SSSR count). The smallest absolute Gasteiger partial charge is 0.137 e. The molecule has 1 atom stereocenters. The van der Waals surface area contributed by atoms with Crippen LogP contribution in [0.2, 0.25) is 0 Å². The number of hydrogen-bond acceptors (Lipinski definition) is 2. The average molecular weight is 378 g/mol.